The Balaban J connectivity index is 1.42. The van der Waals surface area contributed by atoms with Crippen molar-refractivity contribution < 1.29 is 23.1 Å². The standard InChI is InChI=1S/C22H23N3O5S/c1-16-2-7-19(12-20(16)26)31(28,29)25-10-8-22(9-11-25)15-24(21(27)30-22)14-18-5-3-17(13-23)4-6-18/h2-7,12,26H,8-11,14-15H2,1H3. The number of phenols is 1. The van der Waals surface area contributed by atoms with Gasteiger partial charge in [0.2, 0.25) is 10.0 Å². The van der Waals surface area contributed by atoms with Crippen LogP contribution >= 0.6 is 0 Å². The lowest BCUT2D eigenvalue weighted by atomic mass is 9.92. The average molecular weight is 442 g/mol. The Hall–Kier alpha value is -3.09. The summed E-state index contributed by atoms with van der Waals surface area (Å²) in [6.07, 6.45) is 0.392. The number of nitriles is 1. The zero-order valence-corrected chi connectivity index (χ0v) is 17.9. The molecular weight excluding hydrogens is 418 g/mol. The fourth-order valence-corrected chi connectivity index (χ4v) is 5.47. The number of aryl methyl sites for hydroxylation is 1. The molecule has 1 spiro atoms. The minimum absolute atomic E-state index is 0.0532. The quantitative estimate of drug-likeness (QED) is 0.781. The zero-order chi connectivity index (χ0) is 22.2. The SMILES string of the molecule is Cc1ccc(S(=O)(=O)N2CCC3(CC2)CN(Cc2ccc(C#N)cc2)C(=O)O3)cc1O. The van der Waals surface area contributed by atoms with Crippen molar-refractivity contribution in [2.75, 3.05) is 19.6 Å². The smallest absolute Gasteiger partial charge is 0.410 e. The van der Waals surface area contributed by atoms with Crippen LogP contribution in [-0.4, -0.2) is 54.1 Å². The van der Waals surface area contributed by atoms with Crippen molar-refractivity contribution in [2.45, 2.75) is 36.8 Å². The molecule has 0 aliphatic carbocycles. The van der Waals surface area contributed by atoms with E-state index in [0.717, 1.165) is 5.56 Å². The molecule has 1 amide bonds. The first kappa shape index (κ1) is 21.2. The fraction of sp³-hybridized carbons (Fsp3) is 0.364. The van der Waals surface area contributed by atoms with Crippen LogP contribution in [0.5, 0.6) is 5.75 Å². The largest absolute Gasteiger partial charge is 0.508 e. The number of ether oxygens (including phenoxy) is 1. The Kier molecular flexibility index (Phi) is 5.37. The lowest BCUT2D eigenvalue weighted by Crippen LogP contribution is -2.48. The number of carbonyl (C=O) groups excluding carboxylic acids is 1. The van der Waals surface area contributed by atoms with Crippen molar-refractivity contribution in [3.8, 4) is 11.8 Å². The molecular formula is C22H23N3O5S. The van der Waals surface area contributed by atoms with Gasteiger partial charge in [-0.15, -0.1) is 0 Å². The molecule has 2 aliphatic rings. The van der Waals surface area contributed by atoms with Crippen LogP contribution in [0.1, 0.15) is 29.5 Å². The third kappa shape index (κ3) is 4.09. The van der Waals surface area contributed by atoms with Crippen LogP contribution in [0.15, 0.2) is 47.4 Å². The molecule has 0 unspecified atom stereocenters. The second kappa shape index (κ2) is 7.87. The first-order chi connectivity index (χ1) is 14.7. The molecule has 31 heavy (non-hydrogen) atoms. The average Bonchev–Trinajstić information content (AvgIpc) is 3.05. The maximum atomic E-state index is 12.9. The fourth-order valence-electron chi connectivity index (χ4n) is 4.01. The van der Waals surface area contributed by atoms with Crippen molar-refractivity contribution in [1.82, 2.24) is 9.21 Å². The van der Waals surface area contributed by atoms with E-state index in [1.807, 2.05) is 12.1 Å². The van der Waals surface area contributed by atoms with Crippen molar-refractivity contribution in [3.63, 3.8) is 0 Å². The Morgan fingerprint density at radius 2 is 1.84 bits per heavy atom. The summed E-state index contributed by atoms with van der Waals surface area (Å²) in [6.45, 7) is 2.93. The molecule has 0 aromatic heterocycles. The van der Waals surface area contributed by atoms with Gasteiger partial charge in [-0.25, -0.2) is 13.2 Å². The van der Waals surface area contributed by atoms with Gasteiger partial charge >= 0.3 is 6.09 Å². The van der Waals surface area contributed by atoms with Gasteiger partial charge in [0.25, 0.3) is 0 Å². The summed E-state index contributed by atoms with van der Waals surface area (Å²) in [5.74, 6) is -0.0577. The Morgan fingerprint density at radius 1 is 1.16 bits per heavy atom. The summed E-state index contributed by atoms with van der Waals surface area (Å²) >= 11 is 0. The maximum Gasteiger partial charge on any atom is 0.410 e. The molecule has 2 aliphatic heterocycles. The van der Waals surface area contributed by atoms with Crippen molar-refractivity contribution >= 4 is 16.1 Å². The van der Waals surface area contributed by atoms with E-state index >= 15 is 0 Å². The van der Waals surface area contributed by atoms with Gasteiger partial charge in [0.15, 0.2) is 0 Å². The summed E-state index contributed by atoms with van der Waals surface area (Å²) in [5.41, 5.74) is 1.36. The van der Waals surface area contributed by atoms with E-state index in [1.54, 1.807) is 30.0 Å². The summed E-state index contributed by atoms with van der Waals surface area (Å²) in [4.78, 5) is 14.1. The number of hydrogen-bond donors (Lipinski definition) is 1. The summed E-state index contributed by atoms with van der Waals surface area (Å²) in [7, 11) is -3.74. The third-order valence-corrected chi connectivity index (χ3v) is 7.84. The first-order valence-electron chi connectivity index (χ1n) is 9.99. The second-order valence-corrected chi connectivity index (χ2v) is 10.0. The Morgan fingerprint density at radius 3 is 2.45 bits per heavy atom. The van der Waals surface area contributed by atoms with Gasteiger partial charge in [0, 0.05) is 38.5 Å². The second-order valence-electron chi connectivity index (χ2n) is 8.07. The van der Waals surface area contributed by atoms with Crippen molar-refractivity contribution in [2.24, 2.45) is 0 Å². The number of amides is 1. The van der Waals surface area contributed by atoms with Crippen molar-refractivity contribution in [3.05, 3.63) is 59.2 Å². The molecule has 2 saturated heterocycles. The van der Waals surface area contributed by atoms with E-state index in [-0.39, 0.29) is 23.7 Å². The predicted molar refractivity (Wildman–Crippen MR) is 112 cm³/mol. The zero-order valence-electron chi connectivity index (χ0n) is 17.1. The third-order valence-electron chi connectivity index (χ3n) is 5.95. The van der Waals surface area contributed by atoms with Gasteiger partial charge < -0.3 is 9.84 Å². The van der Waals surface area contributed by atoms with Gasteiger partial charge in [-0.3, -0.25) is 4.90 Å². The molecule has 0 saturated carbocycles. The highest BCUT2D eigenvalue weighted by Crippen LogP contribution is 2.36. The molecule has 2 heterocycles. The van der Waals surface area contributed by atoms with Crippen LogP contribution in [0.2, 0.25) is 0 Å². The highest BCUT2D eigenvalue weighted by atomic mass is 32.2. The highest BCUT2D eigenvalue weighted by Gasteiger charge is 2.48. The van der Waals surface area contributed by atoms with E-state index in [1.165, 1.54) is 16.4 Å². The molecule has 0 bridgehead atoms. The number of nitrogens with zero attached hydrogens (tertiary/aromatic N) is 3. The normalized spacial score (nSPS) is 18.7. The number of benzene rings is 2. The summed E-state index contributed by atoms with van der Waals surface area (Å²) < 4.78 is 33.0. The monoisotopic (exact) mass is 441 g/mol. The maximum absolute atomic E-state index is 12.9. The van der Waals surface area contributed by atoms with E-state index in [0.29, 0.717) is 37.1 Å². The number of carbonyl (C=O) groups is 1. The Bertz CT molecular complexity index is 1150. The number of piperidine rings is 1. The Labute approximate surface area is 181 Å². The molecule has 9 heteroatoms. The van der Waals surface area contributed by atoms with Crippen LogP contribution in [0.25, 0.3) is 0 Å². The van der Waals surface area contributed by atoms with Crippen LogP contribution in [0.4, 0.5) is 4.79 Å². The molecule has 8 nitrogen and oxygen atoms in total. The van der Waals surface area contributed by atoms with Gasteiger partial charge in [-0.1, -0.05) is 18.2 Å². The molecule has 2 fully saturated rings. The number of phenolic OH excluding ortho intramolecular Hbond substituents is 1. The number of hydrogen-bond acceptors (Lipinski definition) is 6. The molecule has 4 rings (SSSR count). The van der Waals surface area contributed by atoms with E-state index in [2.05, 4.69) is 6.07 Å². The van der Waals surface area contributed by atoms with Gasteiger partial charge in [-0.05, 0) is 36.2 Å². The minimum Gasteiger partial charge on any atom is -0.508 e. The minimum atomic E-state index is -3.74. The van der Waals surface area contributed by atoms with E-state index in [9.17, 15) is 18.3 Å². The van der Waals surface area contributed by atoms with Gasteiger partial charge in [0.1, 0.15) is 11.4 Å². The van der Waals surface area contributed by atoms with Crippen LogP contribution in [0, 0.1) is 18.3 Å². The molecule has 0 radical (unpaired) electrons. The molecule has 162 valence electrons. The molecule has 2 aromatic rings. The lowest BCUT2D eigenvalue weighted by Gasteiger charge is -2.36. The van der Waals surface area contributed by atoms with Gasteiger partial charge in [-0.2, -0.15) is 9.57 Å². The van der Waals surface area contributed by atoms with Gasteiger partial charge in [0.05, 0.1) is 23.1 Å². The van der Waals surface area contributed by atoms with Crippen LogP contribution in [-0.2, 0) is 21.3 Å². The summed E-state index contributed by atoms with van der Waals surface area (Å²) in [5, 5.41) is 18.8. The molecule has 0 atom stereocenters. The van der Waals surface area contributed by atoms with Crippen LogP contribution < -0.4 is 0 Å². The number of rotatable bonds is 4. The number of sulfonamides is 1. The molecule has 1 N–H and O–H groups in total. The van der Waals surface area contributed by atoms with Crippen molar-refractivity contribution in [1.29, 1.82) is 5.26 Å². The summed E-state index contributed by atoms with van der Waals surface area (Å²) in [6, 6.07) is 13.4. The van der Waals surface area contributed by atoms with E-state index in [4.69, 9.17) is 10.00 Å². The topological polar surface area (TPSA) is 111 Å². The predicted octanol–water partition coefficient (Wildman–Crippen LogP) is 2.75. The first-order valence-corrected chi connectivity index (χ1v) is 11.4. The molecule has 2 aromatic carbocycles. The highest BCUT2D eigenvalue weighted by molar-refractivity contribution is 7.89. The lowest BCUT2D eigenvalue weighted by molar-refractivity contribution is 0.0172. The van der Waals surface area contributed by atoms with E-state index < -0.39 is 21.7 Å². The number of aromatic hydroxyl groups is 1. The van der Waals surface area contributed by atoms with Crippen LogP contribution in [0.3, 0.4) is 0 Å².